The summed E-state index contributed by atoms with van der Waals surface area (Å²) in [6.45, 7) is 4.48. The Balaban J connectivity index is 1.89. The van der Waals surface area contributed by atoms with E-state index in [2.05, 4.69) is 131 Å². The van der Waals surface area contributed by atoms with Gasteiger partial charge in [-0.05, 0) is 22.6 Å². The first-order valence-electron chi connectivity index (χ1n) is 8.96. The van der Waals surface area contributed by atoms with Gasteiger partial charge in [0, 0.05) is 11.1 Å². The molecular formula is C25H20IN. The first kappa shape index (κ1) is 17.8. The third kappa shape index (κ3) is 3.62. The van der Waals surface area contributed by atoms with E-state index in [1.807, 2.05) is 6.07 Å². The van der Waals surface area contributed by atoms with E-state index in [1.54, 1.807) is 0 Å². The molecule has 4 rings (SSSR count). The lowest BCUT2D eigenvalue weighted by Gasteiger charge is -2.33. The Labute approximate surface area is 174 Å². The molecule has 0 bridgehead atoms. The number of benzene rings is 4. The summed E-state index contributed by atoms with van der Waals surface area (Å²) in [7, 11) is 0. The normalized spacial score (nSPS) is 11.9. The second-order valence-electron chi connectivity index (χ2n) is 6.43. The fraction of sp³-hybridized carbons (Fsp3) is 0.0400. The Bertz CT molecular complexity index is 1050. The van der Waals surface area contributed by atoms with Gasteiger partial charge in [-0.15, -0.1) is 0 Å². The van der Waals surface area contributed by atoms with Gasteiger partial charge in [0.15, 0.2) is 0 Å². The van der Waals surface area contributed by atoms with Crippen LogP contribution in [-0.4, -0.2) is 0 Å². The quantitative estimate of drug-likeness (QED) is 0.170. The minimum atomic E-state index is 0.127. The van der Waals surface area contributed by atoms with Crippen LogP contribution in [0.3, 0.4) is 0 Å². The molecule has 4 aromatic carbocycles. The van der Waals surface area contributed by atoms with Crippen molar-refractivity contribution in [3.05, 3.63) is 121 Å². The average Bonchev–Trinajstić information content (AvgIpc) is 2.75. The van der Waals surface area contributed by atoms with Crippen LogP contribution in [0.5, 0.6) is 0 Å². The molecule has 0 N–H and O–H groups in total. The predicted molar refractivity (Wildman–Crippen MR) is 125 cm³/mol. The Morgan fingerprint density at radius 3 is 2.04 bits per heavy atom. The highest BCUT2D eigenvalue weighted by Gasteiger charge is 2.23. The second kappa shape index (κ2) is 7.97. The molecule has 0 saturated carbocycles. The van der Waals surface area contributed by atoms with Gasteiger partial charge >= 0.3 is 0 Å². The number of nitrogens with zero attached hydrogens (tertiary/aromatic N) is 1. The molecule has 0 amide bonds. The Morgan fingerprint density at radius 1 is 0.704 bits per heavy atom. The van der Waals surface area contributed by atoms with E-state index < -0.39 is 0 Å². The van der Waals surface area contributed by atoms with Crippen molar-refractivity contribution >= 4 is 44.7 Å². The standard InChI is InChI=1S/C25H20IN/c1-19(20-11-4-2-5-12-20)27(25(26)22-14-6-3-7-15-22)24-18-10-16-21-13-8-9-17-23(21)24/h2-18,25H,1H2. The Morgan fingerprint density at radius 2 is 1.30 bits per heavy atom. The van der Waals surface area contributed by atoms with Crippen LogP contribution >= 0.6 is 22.6 Å². The van der Waals surface area contributed by atoms with E-state index in [9.17, 15) is 0 Å². The lowest BCUT2D eigenvalue weighted by Crippen LogP contribution is -2.23. The van der Waals surface area contributed by atoms with E-state index in [1.165, 1.54) is 22.0 Å². The molecule has 2 heteroatoms. The minimum absolute atomic E-state index is 0.127. The maximum Gasteiger partial charge on any atom is 0.111 e. The number of fused-ring (bicyclic) bond motifs is 1. The molecule has 27 heavy (non-hydrogen) atoms. The van der Waals surface area contributed by atoms with E-state index in [4.69, 9.17) is 0 Å². The first-order chi connectivity index (χ1) is 13.3. The van der Waals surface area contributed by atoms with Crippen LogP contribution in [0.2, 0.25) is 0 Å². The third-order valence-electron chi connectivity index (χ3n) is 4.73. The van der Waals surface area contributed by atoms with Crippen molar-refractivity contribution < 1.29 is 0 Å². The van der Waals surface area contributed by atoms with Crippen LogP contribution in [0.25, 0.3) is 16.5 Å². The monoisotopic (exact) mass is 461 g/mol. The molecule has 0 aliphatic rings. The van der Waals surface area contributed by atoms with E-state index in [-0.39, 0.29) is 4.05 Å². The minimum Gasteiger partial charge on any atom is -0.324 e. The van der Waals surface area contributed by atoms with Crippen molar-refractivity contribution in [2.75, 3.05) is 4.90 Å². The number of hydrogen-bond acceptors (Lipinski definition) is 1. The smallest absolute Gasteiger partial charge is 0.111 e. The fourth-order valence-electron chi connectivity index (χ4n) is 3.35. The molecule has 1 nitrogen and oxygen atoms in total. The van der Waals surface area contributed by atoms with Crippen molar-refractivity contribution in [1.29, 1.82) is 0 Å². The summed E-state index contributed by atoms with van der Waals surface area (Å²) in [5.74, 6) is 0. The van der Waals surface area contributed by atoms with Crippen molar-refractivity contribution in [3.8, 4) is 0 Å². The largest absolute Gasteiger partial charge is 0.324 e. The SMILES string of the molecule is C=C(c1ccccc1)N(c1cccc2ccccc12)C(I)c1ccccc1. The molecule has 0 spiro atoms. The van der Waals surface area contributed by atoms with Crippen molar-refractivity contribution in [2.45, 2.75) is 4.05 Å². The second-order valence-corrected chi connectivity index (χ2v) is 7.61. The molecule has 4 aromatic rings. The number of anilines is 1. The van der Waals surface area contributed by atoms with Gasteiger partial charge < -0.3 is 4.90 Å². The van der Waals surface area contributed by atoms with Gasteiger partial charge in [-0.2, -0.15) is 0 Å². The molecule has 0 saturated heterocycles. The molecule has 1 atom stereocenters. The average molecular weight is 461 g/mol. The third-order valence-corrected chi connectivity index (χ3v) is 6.00. The molecule has 0 radical (unpaired) electrons. The molecular weight excluding hydrogens is 441 g/mol. The summed E-state index contributed by atoms with van der Waals surface area (Å²) >= 11 is 2.51. The van der Waals surface area contributed by atoms with Crippen LogP contribution in [0.1, 0.15) is 15.2 Å². The maximum absolute atomic E-state index is 4.48. The fourth-order valence-corrected chi connectivity index (χ4v) is 4.40. The predicted octanol–water partition coefficient (Wildman–Crippen LogP) is 7.45. The van der Waals surface area contributed by atoms with Gasteiger partial charge in [0.2, 0.25) is 0 Å². The van der Waals surface area contributed by atoms with Gasteiger partial charge in [-0.3, -0.25) is 0 Å². The Kier molecular flexibility index (Phi) is 5.26. The van der Waals surface area contributed by atoms with Gasteiger partial charge in [0.25, 0.3) is 0 Å². The van der Waals surface area contributed by atoms with E-state index in [0.29, 0.717) is 0 Å². The molecule has 0 aliphatic carbocycles. The van der Waals surface area contributed by atoms with E-state index >= 15 is 0 Å². The maximum atomic E-state index is 4.48. The zero-order valence-corrected chi connectivity index (χ0v) is 17.1. The summed E-state index contributed by atoms with van der Waals surface area (Å²) in [4.78, 5) is 2.34. The molecule has 0 aliphatic heterocycles. The van der Waals surface area contributed by atoms with Gasteiger partial charge in [0.1, 0.15) is 4.05 Å². The molecule has 0 aromatic heterocycles. The number of halogens is 1. The van der Waals surface area contributed by atoms with Gasteiger partial charge in [-0.1, -0.05) is 126 Å². The lowest BCUT2D eigenvalue weighted by atomic mass is 10.0. The Hall–Kier alpha value is -2.59. The van der Waals surface area contributed by atoms with Gasteiger partial charge in [0.05, 0.1) is 5.69 Å². The van der Waals surface area contributed by atoms with Crippen molar-refractivity contribution in [2.24, 2.45) is 0 Å². The van der Waals surface area contributed by atoms with Crippen molar-refractivity contribution in [3.63, 3.8) is 0 Å². The number of rotatable bonds is 5. The first-order valence-corrected chi connectivity index (χ1v) is 10.2. The topological polar surface area (TPSA) is 3.24 Å². The van der Waals surface area contributed by atoms with Crippen LogP contribution in [-0.2, 0) is 0 Å². The summed E-state index contributed by atoms with van der Waals surface area (Å²) in [5.41, 5.74) is 4.55. The van der Waals surface area contributed by atoms with Crippen LogP contribution in [0.15, 0.2) is 110 Å². The zero-order valence-electron chi connectivity index (χ0n) is 14.9. The summed E-state index contributed by atoms with van der Waals surface area (Å²) in [5, 5.41) is 2.47. The summed E-state index contributed by atoms with van der Waals surface area (Å²) in [6.07, 6.45) is 0. The molecule has 0 fully saturated rings. The molecule has 0 heterocycles. The van der Waals surface area contributed by atoms with Crippen LogP contribution in [0, 0.1) is 0 Å². The molecule has 1 unspecified atom stereocenters. The lowest BCUT2D eigenvalue weighted by molar-refractivity contribution is 0.996. The number of alkyl halides is 1. The zero-order chi connectivity index (χ0) is 18.6. The highest BCUT2D eigenvalue weighted by Crippen LogP contribution is 2.41. The summed E-state index contributed by atoms with van der Waals surface area (Å²) < 4.78 is 0.127. The number of hydrogen-bond donors (Lipinski definition) is 0. The van der Waals surface area contributed by atoms with Gasteiger partial charge in [-0.25, -0.2) is 0 Å². The van der Waals surface area contributed by atoms with E-state index in [0.717, 1.165) is 11.3 Å². The summed E-state index contributed by atoms with van der Waals surface area (Å²) in [6, 6.07) is 36.0. The highest BCUT2D eigenvalue weighted by atomic mass is 127. The van der Waals surface area contributed by atoms with Crippen LogP contribution in [0.4, 0.5) is 5.69 Å². The van der Waals surface area contributed by atoms with Crippen molar-refractivity contribution in [1.82, 2.24) is 0 Å². The molecule has 132 valence electrons. The highest BCUT2D eigenvalue weighted by molar-refractivity contribution is 14.1. The van der Waals surface area contributed by atoms with Crippen LogP contribution < -0.4 is 4.90 Å².